The maximum Gasteiger partial charge on any atom is 0.155 e. The van der Waals surface area contributed by atoms with Gasteiger partial charge in [-0.3, -0.25) is 4.79 Å². The fourth-order valence-electron chi connectivity index (χ4n) is 7.87. The van der Waals surface area contributed by atoms with Gasteiger partial charge in [-0.15, -0.1) is 0 Å². The number of fused-ring (bicyclic) bond motifs is 5. The Labute approximate surface area is 179 Å². The van der Waals surface area contributed by atoms with E-state index in [1.54, 1.807) is 5.57 Å². The van der Waals surface area contributed by atoms with Crippen LogP contribution in [0.3, 0.4) is 0 Å². The van der Waals surface area contributed by atoms with Crippen molar-refractivity contribution in [1.82, 2.24) is 0 Å². The van der Waals surface area contributed by atoms with Crippen molar-refractivity contribution in [1.29, 1.82) is 0 Å². The number of hydrogen-bond donors (Lipinski definition) is 0. The van der Waals surface area contributed by atoms with E-state index in [0.717, 1.165) is 37.0 Å². The highest BCUT2D eigenvalue weighted by Gasteiger charge is 2.55. The quantitative estimate of drug-likeness (QED) is 0.444. The first-order valence-electron chi connectivity index (χ1n) is 12.3. The van der Waals surface area contributed by atoms with E-state index in [9.17, 15) is 4.79 Å². The molecular weight excluding hydrogens is 352 g/mol. The molecule has 0 aliphatic heterocycles. The Morgan fingerprint density at radius 2 is 1.97 bits per heavy atom. The Hall–Kier alpha value is -1.11. The van der Waals surface area contributed by atoms with Crippen molar-refractivity contribution in [2.75, 3.05) is 0 Å². The van der Waals surface area contributed by atoms with Crippen molar-refractivity contribution in [3.8, 4) is 0 Å². The van der Waals surface area contributed by atoms with E-state index in [2.05, 4.69) is 46.8 Å². The highest BCUT2D eigenvalue weighted by Crippen LogP contribution is 2.64. The maximum absolute atomic E-state index is 12.0. The molecule has 0 saturated heterocycles. The second-order valence-corrected chi connectivity index (χ2v) is 11.5. The van der Waals surface area contributed by atoms with E-state index in [4.69, 9.17) is 0 Å². The zero-order chi connectivity index (χ0) is 20.8. The third-order valence-corrected chi connectivity index (χ3v) is 9.58. The summed E-state index contributed by atoms with van der Waals surface area (Å²) < 4.78 is 0. The van der Waals surface area contributed by atoms with E-state index in [1.165, 1.54) is 56.1 Å². The summed E-state index contributed by atoms with van der Waals surface area (Å²) in [7, 11) is 0. The number of allylic oxidation sites excluding steroid dienone is 6. The van der Waals surface area contributed by atoms with Gasteiger partial charge in [0.25, 0.3) is 0 Å². The van der Waals surface area contributed by atoms with Crippen molar-refractivity contribution in [2.24, 2.45) is 34.5 Å². The van der Waals surface area contributed by atoms with Crippen molar-refractivity contribution >= 4 is 5.78 Å². The lowest BCUT2D eigenvalue weighted by molar-refractivity contribution is -0.116. The number of carbonyl (C=O) groups excluding carboxylic acids is 1. The minimum atomic E-state index is 0.251. The van der Waals surface area contributed by atoms with Crippen molar-refractivity contribution in [2.45, 2.75) is 98.8 Å². The van der Waals surface area contributed by atoms with E-state index in [1.807, 2.05) is 6.08 Å². The van der Waals surface area contributed by atoms with Crippen molar-refractivity contribution < 1.29 is 4.79 Å². The topological polar surface area (TPSA) is 17.1 Å². The van der Waals surface area contributed by atoms with Crippen LogP contribution in [0.15, 0.2) is 34.9 Å². The highest BCUT2D eigenvalue weighted by atomic mass is 16.1. The molecule has 3 unspecified atom stereocenters. The number of rotatable bonds is 4. The van der Waals surface area contributed by atoms with Crippen LogP contribution in [0, 0.1) is 34.5 Å². The molecule has 2 fully saturated rings. The zero-order valence-electron chi connectivity index (χ0n) is 19.5. The normalized spacial score (nSPS) is 40.0. The molecule has 0 bridgehead atoms. The van der Waals surface area contributed by atoms with Gasteiger partial charge in [0.05, 0.1) is 0 Å². The van der Waals surface area contributed by atoms with Crippen LogP contribution in [0.5, 0.6) is 0 Å². The molecule has 1 heteroatoms. The van der Waals surface area contributed by atoms with Gasteiger partial charge in [-0.1, -0.05) is 56.1 Å². The molecule has 0 N–H and O–H groups in total. The highest BCUT2D eigenvalue weighted by molar-refractivity contribution is 5.91. The number of carbonyl (C=O) groups is 1. The minimum absolute atomic E-state index is 0.251. The van der Waals surface area contributed by atoms with Crippen LogP contribution < -0.4 is 0 Å². The summed E-state index contributed by atoms with van der Waals surface area (Å²) in [5.74, 6) is 3.51. The maximum atomic E-state index is 12.0. The second-order valence-electron chi connectivity index (χ2n) is 11.5. The predicted molar refractivity (Wildman–Crippen MR) is 123 cm³/mol. The molecule has 1 nitrogen and oxygen atoms in total. The molecular formula is C28H42O. The molecule has 0 radical (unpaired) electrons. The first-order chi connectivity index (χ1) is 13.8. The summed E-state index contributed by atoms with van der Waals surface area (Å²) in [5.41, 5.74) is 5.43. The molecule has 0 heterocycles. The fourth-order valence-corrected chi connectivity index (χ4v) is 7.87. The van der Waals surface area contributed by atoms with Crippen LogP contribution in [0.1, 0.15) is 98.8 Å². The molecule has 160 valence electrons. The molecule has 29 heavy (non-hydrogen) atoms. The van der Waals surface area contributed by atoms with Gasteiger partial charge in [0.15, 0.2) is 5.78 Å². The Kier molecular flexibility index (Phi) is 5.73. The lowest BCUT2D eigenvalue weighted by Crippen LogP contribution is -2.50. The van der Waals surface area contributed by atoms with Crippen LogP contribution >= 0.6 is 0 Å². The Bertz CT molecular complexity index is 748. The predicted octanol–water partition coefficient (Wildman–Crippen LogP) is 7.83. The molecule has 0 spiro atoms. The van der Waals surface area contributed by atoms with Crippen LogP contribution in [0.2, 0.25) is 0 Å². The summed E-state index contributed by atoms with van der Waals surface area (Å²) in [6, 6.07) is 0. The van der Waals surface area contributed by atoms with Gasteiger partial charge in [0.1, 0.15) is 0 Å². The molecule has 4 rings (SSSR count). The van der Waals surface area contributed by atoms with Crippen LogP contribution in [-0.2, 0) is 4.79 Å². The van der Waals surface area contributed by atoms with Gasteiger partial charge >= 0.3 is 0 Å². The van der Waals surface area contributed by atoms with Crippen LogP contribution in [-0.4, -0.2) is 5.78 Å². The second kappa shape index (κ2) is 7.86. The van der Waals surface area contributed by atoms with Crippen LogP contribution in [0.25, 0.3) is 0 Å². The molecule has 4 aliphatic rings. The average molecular weight is 395 g/mol. The third-order valence-electron chi connectivity index (χ3n) is 9.58. The Morgan fingerprint density at radius 1 is 1.17 bits per heavy atom. The zero-order valence-corrected chi connectivity index (χ0v) is 19.5. The fraction of sp³-hybridized carbons (Fsp3) is 0.750. The van der Waals surface area contributed by atoms with Crippen molar-refractivity contribution in [3.05, 3.63) is 34.9 Å². The molecule has 0 aromatic heterocycles. The summed E-state index contributed by atoms with van der Waals surface area (Å²) in [5, 5.41) is 0. The van der Waals surface area contributed by atoms with E-state index >= 15 is 0 Å². The lowest BCUT2D eigenvalue weighted by atomic mass is 9.45. The SMILES string of the molecule is CC(C)=CCC[C@@H](C)C1CCC[C@H]2C3=CCC4=CC(=O)CCC4(C)[C@H]3CCC12C. The Balaban J connectivity index is 1.59. The summed E-state index contributed by atoms with van der Waals surface area (Å²) >= 11 is 0. The van der Waals surface area contributed by atoms with Gasteiger partial charge < -0.3 is 0 Å². The third kappa shape index (κ3) is 3.61. The number of hydrogen-bond acceptors (Lipinski definition) is 1. The summed E-state index contributed by atoms with van der Waals surface area (Å²) in [6.45, 7) is 12.1. The molecule has 0 aromatic carbocycles. The molecule has 0 amide bonds. The van der Waals surface area contributed by atoms with Gasteiger partial charge in [-0.25, -0.2) is 0 Å². The first-order valence-corrected chi connectivity index (χ1v) is 12.3. The largest absolute Gasteiger partial charge is 0.295 e. The van der Waals surface area contributed by atoms with Gasteiger partial charge in [0.2, 0.25) is 0 Å². The molecule has 2 saturated carbocycles. The lowest BCUT2D eigenvalue weighted by Gasteiger charge is -2.59. The smallest absolute Gasteiger partial charge is 0.155 e. The molecule has 4 aliphatic carbocycles. The standard InChI is InChI=1S/C28H42O/c1-19(2)8-6-9-20(3)24-10-7-11-25-23-13-12-21-18-22(29)14-16-27(21,4)26(23)15-17-28(24,25)5/h8,13,18,20,24-26H,6-7,9-12,14-17H2,1-5H3/t20-,24?,25+,26+,27?,28?/m1/s1. The van der Waals surface area contributed by atoms with E-state index < -0.39 is 0 Å². The number of ketones is 1. The van der Waals surface area contributed by atoms with E-state index in [0.29, 0.717) is 17.1 Å². The van der Waals surface area contributed by atoms with Crippen LogP contribution in [0.4, 0.5) is 0 Å². The van der Waals surface area contributed by atoms with E-state index in [-0.39, 0.29) is 5.41 Å². The van der Waals surface area contributed by atoms with Crippen molar-refractivity contribution in [3.63, 3.8) is 0 Å². The van der Waals surface area contributed by atoms with Gasteiger partial charge in [0, 0.05) is 6.42 Å². The van der Waals surface area contributed by atoms with Gasteiger partial charge in [-0.2, -0.15) is 0 Å². The monoisotopic (exact) mass is 394 g/mol. The average Bonchev–Trinajstić information content (AvgIpc) is 2.67. The molecule has 6 atom stereocenters. The summed E-state index contributed by atoms with van der Waals surface area (Å²) in [4.78, 5) is 12.0. The minimum Gasteiger partial charge on any atom is -0.295 e. The van der Waals surface area contributed by atoms with Gasteiger partial charge in [-0.05, 0) is 106 Å². The first kappa shape index (κ1) is 21.1. The molecule has 0 aromatic rings. The summed E-state index contributed by atoms with van der Waals surface area (Å²) in [6.07, 6.45) is 19.4. The Morgan fingerprint density at radius 3 is 2.72 bits per heavy atom.